The molecule has 4 fully saturated rings. The van der Waals surface area contributed by atoms with Gasteiger partial charge in [0.15, 0.2) is 12.6 Å². The molecule has 0 amide bonds. The normalized spacial score (nSPS) is 20.9. The Morgan fingerprint density at radius 2 is 1.18 bits per heavy atom. The molecule has 0 saturated carbocycles. The highest BCUT2D eigenvalue weighted by Gasteiger charge is 2.35. The van der Waals surface area contributed by atoms with Gasteiger partial charge in [0.25, 0.3) is 10.1 Å². The zero-order valence-electron chi connectivity index (χ0n) is 47.3. The summed E-state index contributed by atoms with van der Waals surface area (Å²) in [5.41, 5.74) is 5.74. The topological polar surface area (TPSA) is 216 Å². The number of halogens is 2. The van der Waals surface area contributed by atoms with Crippen molar-refractivity contribution in [2.45, 2.75) is 101 Å². The lowest BCUT2D eigenvalue weighted by atomic mass is 9.94. The number of benzene rings is 4. The van der Waals surface area contributed by atoms with Crippen LogP contribution in [0.25, 0.3) is 0 Å². The van der Waals surface area contributed by atoms with Gasteiger partial charge in [0.1, 0.15) is 11.2 Å². The van der Waals surface area contributed by atoms with Crippen molar-refractivity contribution in [1.82, 2.24) is 20.2 Å². The van der Waals surface area contributed by atoms with Gasteiger partial charge in [-0.15, -0.1) is 0 Å². The summed E-state index contributed by atoms with van der Waals surface area (Å²) in [6, 6.07) is 43.6. The number of nitriles is 2. The van der Waals surface area contributed by atoms with Crippen molar-refractivity contribution in [1.29, 1.82) is 10.5 Å². The van der Waals surface area contributed by atoms with Crippen molar-refractivity contribution < 1.29 is 41.8 Å². The molecule has 4 aliphatic heterocycles. The van der Waals surface area contributed by atoms with Crippen LogP contribution in [0.3, 0.4) is 0 Å². The average Bonchev–Trinajstić information content (AvgIpc) is 3.70. The number of hydrogen-bond donors (Lipinski definition) is 3. The molecule has 6 aromatic rings. The fraction of sp³-hybridized carbons (Fsp3) is 0.429. The molecule has 4 saturated heterocycles. The quantitative estimate of drug-likeness (QED) is 0.0724. The molecule has 4 aromatic carbocycles. The molecule has 17 nitrogen and oxygen atoms in total. The van der Waals surface area contributed by atoms with Crippen LogP contribution >= 0.6 is 23.2 Å². The van der Waals surface area contributed by atoms with Gasteiger partial charge >= 0.3 is 0 Å². The van der Waals surface area contributed by atoms with Crippen molar-refractivity contribution in [2.24, 2.45) is 0 Å². The number of piperazine rings is 2. The summed E-state index contributed by atoms with van der Waals surface area (Å²) in [6.45, 7) is 10.5. The van der Waals surface area contributed by atoms with Gasteiger partial charge in [-0.25, -0.2) is 0 Å². The molecule has 3 N–H and O–H groups in total. The van der Waals surface area contributed by atoms with E-state index < -0.39 is 21.3 Å². The van der Waals surface area contributed by atoms with E-state index in [1.807, 2.05) is 67.6 Å². The average molecular weight is 1190 g/mol. The molecular weight excluding hydrogens is 1120 g/mol. The first-order valence-corrected chi connectivity index (χ1v) is 30.7. The van der Waals surface area contributed by atoms with Gasteiger partial charge in [0, 0.05) is 82.5 Å². The number of β-amino-alcohol motifs (C(OH)–C–C–N with tert-alkyl or cyclic N) is 1. The van der Waals surface area contributed by atoms with E-state index in [0.29, 0.717) is 52.2 Å². The third-order valence-electron chi connectivity index (χ3n) is 14.9. The van der Waals surface area contributed by atoms with E-state index in [0.717, 1.165) is 120 Å². The molecule has 4 aliphatic rings. The summed E-state index contributed by atoms with van der Waals surface area (Å²) in [6.07, 6.45) is 10.0. The number of aliphatic hydroxyl groups is 2. The molecule has 0 spiro atoms. The standard InChI is InChI=1S/C31H35ClN4O3.C17H16ClN3.C15H23NO6S/c1-31(37,25-11-12-26(34-19-25)21-39-30-9-5-6-16-38-30)22-35-14-15-36(28-13-10-23(18-33)17-27(28)32)29(20-35)24-7-3-2-4-8-24;18-15-10-13(11-19)6-7-16(15)21-9-8-20-12-17(21)14-4-2-1-3-5-14;1-15(17,11-22-23(2,18)19)12-6-7-13(16-9-12)10-21-14-5-3-4-8-20-14/h2-4,7-8,10-13,17,19,29-30,37H,5-6,9,14-16,20-22H2,1H3;1-7,10,17,20H,8-9,12H2;6-7,9,14,17H,3-5,8,10-11H2,1-2H3/t29-,30?,31+;17-;14?,15-/m001/s1. The smallest absolute Gasteiger partial charge is 0.264 e. The molecule has 6 atom stereocenters. The Bertz CT molecular complexity index is 3200. The molecule has 10 rings (SSSR count). The number of ether oxygens (including phenoxy) is 4. The van der Waals surface area contributed by atoms with Crippen LogP contribution in [0.4, 0.5) is 11.4 Å². The first-order chi connectivity index (χ1) is 40.0. The van der Waals surface area contributed by atoms with E-state index in [2.05, 4.69) is 82.7 Å². The SMILES string of the molecule is C[C@@](O)(CN1CCN(c2ccc(C#N)cc2Cl)[C@H](c2ccccc2)C1)c1ccc(COC2CCCCO2)nc1.C[C@@](O)(COS(C)(=O)=O)c1ccc(COC2CCCCO2)nc1.N#Cc1ccc(N2CCNC[C@H]2c2ccccc2)c(Cl)c1. The van der Waals surface area contributed by atoms with Crippen molar-refractivity contribution in [3.63, 3.8) is 0 Å². The van der Waals surface area contributed by atoms with Crippen LogP contribution in [0.5, 0.6) is 0 Å². The van der Waals surface area contributed by atoms with E-state index in [1.165, 1.54) is 24.2 Å². The lowest BCUT2D eigenvalue weighted by Gasteiger charge is -2.45. The molecule has 0 radical (unpaired) electrons. The summed E-state index contributed by atoms with van der Waals surface area (Å²) >= 11 is 13.0. The Morgan fingerprint density at radius 1 is 0.675 bits per heavy atom. The Balaban J connectivity index is 0.000000175. The second kappa shape index (κ2) is 30.1. The predicted molar refractivity (Wildman–Crippen MR) is 320 cm³/mol. The molecular formula is C63H74Cl2N8O9S. The Hall–Kier alpha value is -6.07. The minimum atomic E-state index is -3.61. The highest BCUT2D eigenvalue weighted by atomic mass is 35.5. The van der Waals surface area contributed by atoms with Gasteiger partial charge in [-0.1, -0.05) is 96.0 Å². The molecule has 2 aromatic heterocycles. The first kappa shape index (κ1) is 63.0. The van der Waals surface area contributed by atoms with Crippen molar-refractivity contribution in [2.75, 3.05) is 81.7 Å². The number of hydrogen-bond acceptors (Lipinski definition) is 17. The minimum absolute atomic E-state index is 0.0424. The molecule has 0 aliphatic carbocycles. The fourth-order valence-electron chi connectivity index (χ4n) is 10.3. The lowest BCUT2D eigenvalue weighted by Crippen LogP contribution is -2.52. The van der Waals surface area contributed by atoms with Crippen LogP contribution in [0.1, 0.15) is 109 Å². The number of anilines is 2. The monoisotopic (exact) mass is 1190 g/mol. The summed E-state index contributed by atoms with van der Waals surface area (Å²) in [7, 11) is -3.61. The highest BCUT2D eigenvalue weighted by molar-refractivity contribution is 7.86. The van der Waals surface area contributed by atoms with Crippen LogP contribution in [-0.2, 0) is 57.7 Å². The van der Waals surface area contributed by atoms with Crippen LogP contribution in [0, 0.1) is 22.7 Å². The Labute approximate surface area is 498 Å². The third-order valence-corrected chi connectivity index (χ3v) is 16.1. The predicted octanol–water partition coefficient (Wildman–Crippen LogP) is 10.1. The molecule has 20 heteroatoms. The van der Waals surface area contributed by atoms with E-state index in [-0.39, 0.29) is 31.3 Å². The first-order valence-electron chi connectivity index (χ1n) is 28.1. The fourth-order valence-corrected chi connectivity index (χ4v) is 11.4. The molecule has 83 heavy (non-hydrogen) atoms. The molecule has 6 heterocycles. The van der Waals surface area contributed by atoms with E-state index in [1.54, 1.807) is 30.5 Å². The Kier molecular flexibility index (Phi) is 22.9. The van der Waals surface area contributed by atoms with Gasteiger partial charge in [0.05, 0.1) is 94.2 Å². The largest absolute Gasteiger partial charge is 0.384 e. The van der Waals surface area contributed by atoms with Crippen LogP contribution in [-0.4, -0.2) is 118 Å². The summed E-state index contributed by atoms with van der Waals surface area (Å²) in [4.78, 5) is 15.7. The number of pyridine rings is 2. The Morgan fingerprint density at radius 3 is 1.64 bits per heavy atom. The maximum Gasteiger partial charge on any atom is 0.264 e. The summed E-state index contributed by atoms with van der Waals surface area (Å²) in [5.74, 6) is 0. The number of nitrogens with zero attached hydrogens (tertiary/aromatic N) is 7. The molecule has 0 bridgehead atoms. The summed E-state index contributed by atoms with van der Waals surface area (Å²) in [5, 5.41) is 44.7. The van der Waals surface area contributed by atoms with Gasteiger partial charge in [0.2, 0.25) is 0 Å². The second-order valence-electron chi connectivity index (χ2n) is 21.5. The third kappa shape index (κ3) is 18.5. The summed E-state index contributed by atoms with van der Waals surface area (Å²) < 4.78 is 49.3. The highest BCUT2D eigenvalue weighted by Crippen LogP contribution is 2.38. The van der Waals surface area contributed by atoms with Crippen LogP contribution in [0.2, 0.25) is 10.0 Å². The van der Waals surface area contributed by atoms with Crippen LogP contribution in [0.15, 0.2) is 134 Å². The van der Waals surface area contributed by atoms with E-state index >= 15 is 0 Å². The number of rotatable bonds is 17. The second-order valence-corrected chi connectivity index (χ2v) is 24.0. The zero-order valence-corrected chi connectivity index (χ0v) is 49.6. The maximum absolute atomic E-state index is 11.5. The van der Waals surface area contributed by atoms with Crippen molar-refractivity contribution >= 4 is 44.7 Å². The molecule has 440 valence electrons. The van der Waals surface area contributed by atoms with Crippen molar-refractivity contribution in [3.8, 4) is 12.1 Å². The van der Waals surface area contributed by atoms with Gasteiger partial charge in [-0.3, -0.25) is 19.1 Å². The van der Waals surface area contributed by atoms with Gasteiger partial charge in [-0.05, 0) is 112 Å². The van der Waals surface area contributed by atoms with E-state index in [4.69, 9.17) is 47.4 Å². The van der Waals surface area contributed by atoms with Crippen LogP contribution < -0.4 is 15.1 Å². The molecule has 2 unspecified atom stereocenters. The maximum atomic E-state index is 11.5. The number of nitrogens with one attached hydrogen (secondary N) is 1. The minimum Gasteiger partial charge on any atom is -0.384 e. The zero-order chi connectivity index (χ0) is 58.8. The van der Waals surface area contributed by atoms with Gasteiger partial charge < -0.3 is 44.3 Å². The number of aromatic nitrogens is 2. The lowest BCUT2D eigenvalue weighted by molar-refractivity contribution is -0.169. The van der Waals surface area contributed by atoms with E-state index in [9.17, 15) is 23.9 Å². The van der Waals surface area contributed by atoms with Gasteiger partial charge in [-0.2, -0.15) is 18.9 Å². The van der Waals surface area contributed by atoms with Crippen molar-refractivity contribution in [3.05, 3.63) is 189 Å².